The summed E-state index contributed by atoms with van der Waals surface area (Å²) in [5.41, 5.74) is 0.204. The van der Waals surface area contributed by atoms with Crippen molar-refractivity contribution in [3.8, 4) is 0 Å². The molecule has 5 heteroatoms. The molecule has 0 bridgehead atoms. The van der Waals surface area contributed by atoms with Crippen LogP contribution in [0.15, 0.2) is 43.5 Å². The molecule has 1 aromatic rings. The summed E-state index contributed by atoms with van der Waals surface area (Å²) in [5, 5.41) is 12.8. The smallest absolute Gasteiger partial charge is 0.224 e. The van der Waals surface area contributed by atoms with E-state index >= 15 is 0 Å². The number of carbonyl (C=O) groups is 1. The molecule has 1 rings (SSSR count). The Morgan fingerprint density at radius 1 is 1.27 bits per heavy atom. The Bertz CT molecular complexity index is 535. The molecule has 120 valence electrons. The lowest BCUT2D eigenvalue weighted by Crippen LogP contribution is -2.40. The molecule has 3 nitrogen and oxygen atoms in total. The van der Waals surface area contributed by atoms with Gasteiger partial charge in [0.25, 0.3) is 0 Å². The van der Waals surface area contributed by atoms with Crippen LogP contribution in [0.2, 0.25) is 0 Å². The Labute approximate surface area is 129 Å². The highest BCUT2D eigenvalue weighted by Crippen LogP contribution is 2.20. The van der Waals surface area contributed by atoms with E-state index in [2.05, 4.69) is 18.5 Å². The third-order valence-electron chi connectivity index (χ3n) is 3.40. The Balaban J connectivity index is 2.75. The average molecular weight is 309 g/mol. The van der Waals surface area contributed by atoms with Crippen LogP contribution in [-0.2, 0) is 4.79 Å². The minimum absolute atomic E-state index is 0.204. The van der Waals surface area contributed by atoms with Gasteiger partial charge in [-0.1, -0.05) is 18.2 Å². The third-order valence-corrected chi connectivity index (χ3v) is 3.40. The summed E-state index contributed by atoms with van der Waals surface area (Å²) in [4.78, 5) is 12.1. The first-order valence-electron chi connectivity index (χ1n) is 7.05. The Morgan fingerprint density at radius 3 is 2.36 bits per heavy atom. The highest BCUT2D eigenvalue weighted by atomic mass is 19.2. The summed E-state index contributed by atoms with van der Waals surface area (Å²) in [6.07, 6.45) is 3.14. The number of aliphatic hydroxyl groups excluding tert-OH is 1. The molecule has 2 unspecified atom stereocenters. The van der Waals surface area contributed by atoms with Gasteiger partial charge in [-0.25, -0.2) is 8.78 Å². The van der Waals surface area contributed by atoms with E-state index in [9.17, 15) is 18.7 Å². The summed E-state index contributed by atoms with van der Waals surface area (Å²) in [7, 11) is 0. The van der Waals surface area contributed by atoms with Gasteiger partial charge >= 0.3 is 0 Å². The Morgan fingerprint density at radius 2 is 1.86 bits per heavy atom. The number of hydrogen-bond donors (Lipinski definition) is 2. The molecular weight excluding hydrogens is 288 g/mol. The van der Waals surface area contributed by atoms with Gasteiger partial charge < -0.3 is 10.4 Å². The number of hydrogen-bond acceptors (Lipinski definition) is 2. The predicted octanol–water partition coefficient (Wildman–Crippen LogP) is 3.27. The summed E-state index contributed by atoms with van der Waals surface area (Å²) in [5.74, 6) is -2.57. The van der Waals surface area contributed by atoms with Gasteiger partial charge in [-0.15, -0.1) is 13.2 Å². The lowest BCUT2D eigenvalue weighted by Gasteiger charge is -2.23. The monoisotopic (exact) mass is 309 g/mol. The highest BCUT2D eigenvalue weighted by Gasteiger charge is 2.23. The van der Waals surface area contributed by atoms with Crippen molar-refractivity contribution >= 4 is 5.91 Å². The second-order valence-electron chi connectivity index (χ2n) is 5.16. The van der Waals surface area contributed by atoms with Gasteiger partial charge in [-0.05, 0) is 37.5 Å². The minimum atomic E-state index is -1.13. The maximum atomic E-state index is 13.2. The SMILES string of the molecule is C=CCC(CC=C)C(=O)NC(C)C(O)c1ccc(F)c(F)c1. The van der Waals surface area contributed by atoms with E-state index in [0.717, 1.165) is 12.1 Å². The normalized spacial score (nSPS) is 13.5. The molecule has 1 aromatic carbocycles. The molecule has 0 fully saturated rings. The standard InChI is InChI=1S/C17H21F2NO2/c1-4-6-12(7-5-2)17(22)20-11(3)16(21)13-8-9-14(18)15(19)10-13/h4-5,8-12,16,21H,1-2,6-7H2,3H3,(H,20,22). The van der Waals surface area contributed by atoms with Gasteiger partial charge in [0.15, 0.2) is 11.6 Å². The molecule has 0 aromatic heterocycles. The van der Waals surface area contributed by atoms with Crippen LogP contribution in [0.1, 0.15) is 31.4 Å². The lowest BCUT2D eigenvalue weighted by atomic mass is 9.98. The zero-order chi connectivity index (χ0) is 16.7. The number of nitrogens with one attached hydrogen (secondary N) is 1. The zero-order valence-corrected chi connectivity index (χ0v) is 12.6. The number of benzene rings is 1. The summed E-state index contributed by atoms with van der Waals surface area (Å²) >= 11 is 0. The van der Waals surface area contributed by atoms with Crippen molar-refractivity contribution in [3.05, 3.63) is 60.7 Å². The van der Waals surface area contributed by atoms with Gasteiger partial charge in [0, 0.05) is 5.92 Å². The van der Waals surface area contributed by atoms with Crippen LogP contribution < -0.4 is 5.32 Å². The second kappa shape index (κ2) is 8.44. The molecule has 0 aliphatic rings. The summed E-state index contributed by atoms with van der Waals surface area (Å²) in [6, 6.07) is 2.51. The van der Waals surface area contributed by atoms with Crippen LogP contribution in [0.25, 0.3) is 0 Å². The molecule has 2 atom stereocenters. The second-order valence-corrected chi connectivity index (χ2v) is 5.16. The fourth-order valence-electron chi connectivity index (χ4n) is 2.12. The summed E-state index contributed by atoms with van der Waals surface area (Å²) in [6.45, 7) is 8.81. The van der Waals surface area contributed by atoms with Gasteiger partial charge in [0.05, 0.1) is 12.1 Å². The van der Waals surface area contributed by atoms with Gasteiger partial charge in [-0.2, -0.15) is 0 Å². The Kier molecular flexibility index (Phi) is 6.92. The quantitative estimate of drug-likeness (QED) is 0.724. The first-order valence-corrected chi connectivity index (χ1v) is 7.05. The van der Waals surface area contributed by atoms with Crippen molar-refractivity contribution in [2.24, 2.45) is 5.92 Å². The highest BCUT2D eigenvalue weighted by molar-refractivity contribution is 5.79. The van der Waals surface area contributed by atoms with Crippen LogP contribution in [0.4, 0.5) is 8.78 Å². The fraction of sp³-hybridized carbons (Fsp3) is 0.353. The van der Waals surface area contributed by atoms with Gasteiger partial charge in [0.1, 0.15) is 0 Å². The maximum absolute atomic E-state index is 13.2. The van der Waals surface area contributed by atoms with E-state index in [1.165, 1.54) is 6.07 Å². The van der Waals surface area contributed by atoms with E-state index in [1.54, 1.807) is 19.1 Å². The first kappa shape index (κ1) is 18.0. The van der Waals surface area contributed by atoms with Crippen LogP contribution >= 0.6 is 0 Å². The number of halogens is 2. The molecule has 0 spiro atoms. The van der Waals surface area contributed by atoms with E-state index in [1.807, 2.05) is 0 Å². The number of allylic oxidation sites excluding steroid dienone is 2. The molecule has 22 heavy (non-hydrogen) atoms. The maximum Gasteiger partial charge on any atom is 0.224 e. The average Bonchev–Trinajstić information content (AvgIpc) is 2.49. The lowest BCUT2D eigenvalue weighted by molar-refractivity contribution is -0.126. The molecule has 0 radical (unpaired) electrons. The first-order chi connectivity index (χ1) is 10.4. The van der Waals surface area contributed by atoms with E-state index in [4.69, 9.17) is 0 Å². The van der Waals surface area contributed by atoms with Crippen LogP contribution in [0, 0.1) is 17.6 Å². The fourth-order valence-corrected chi connectivity index (χ4v) is 2.12. The number of amides is 1. The number of aliphatic hydroxyl groups is 1. The molecule has 0 aliphatic heterocycles. The molecule has 0 heterocycles. The number of carbonyl (C=O) groups excluding carboxylic acids is 1. The zero-order valence-electron chi connectivity index (χ0n) is 12.6. The van der Waals surface area contributed by atoms with E-state index in [-0.39, 0.29) is 17.4 Å². The van der Waals surface area contributed by atoms with Crippen molar-refractivity contribution in [1.82, 2.24) is 5.32 Å². The largest absolute Gasteiger partial charge is 0.386 e. The Hall–Kier alpha value is -2.01. The molecule has 2 N–H and O–H groups in total. The topological polar surface area (TPSA) is 49.3 Å². The van der Waals surface area contributed by atoms with Crippen molar-refractivity contribution in [2.75, 3.05) is 0 Å². The van der Waals surface area contributed by atoms with Crippen molar-refractivity contribution < 1.29 is 18.7 Å². The van der Waals surface area contributed by atoms with Crippen LogP contribution in [0.5, 0.6) is 0 Å². The molecule has 1 amide bonds. The third kappa shape index (κ3) is 4.77. The molecule has 0 saturated heterocycles. The van der Waals surface area contributed by atoms with Gasteiger partial charge in [0.2, 0.25) is 5.91 Å². The molecule has 0 aliphatic carbocycles. The van der Waals surface area contributed by atoms with Crippen molar-refractivity contribution in [1.29, 1.82) is 0 Å². The molecular formula is C17H21F2NO2. The van der Waals surface area contributed by atoms with Crippen LogP contribution in [0.3, 0.4) is 0 Å². The van der Waals surface area contributed by atoms with Crippen molar-refractivity contribution in [3.63, 3.8) is 0 Å². The van der Waals surface area contributed by atoms with Crippen molar-refractivity contribution in [2.45, 2.75) is 31.9 Å². The van der Waals surface area contributed by atoms with Gasteiger partial charge in [-0.3, -0.25) is 4.79 Å². The minimum Gasteiger partial charge on any atom is -0.386 e. The predicted molar refractivity (Wildman–Crippen MR) is 82.0 cm³/mol. The molecule has 0 saturated carbocycles. The van der Waals surface area contributed by atoms with Crippen LogP contribution in [-0.4, -0.2) is 17.1 Å². The van der Waals surface area contributed by atoms with E-state index < -0.39 is 23.8 Å². The number of rotatable bonds is 8. The van der Waals surface area contributed by atoms with E-state index in [0.29, 0.717) is 12.8 Å². The summed E-state index contributed by atoms with van der Waals surface area (Å²) < 4.78 is 26.1.